The fourth-order valence-electron chi connectivity index (χ4n) is 4.65. The van der Waals surface area contributed by atoms with E-state index in [0.717, 1.165) is 41.9 Å². The average molecular weight is 563 g/mol. The number of carbonyl (C=O) groups is 1. The third kappa shape index (κ3) is 6.43. The van der Waals surface area contributed by atoms with Gasteiger partial charge in [-0.3, -0.25) is 14.8 Å². The van der Waals surface area contributed by atoms with Crippen molar-refractivity contribution in [2.75, 3.05) is 43.4 Å². The quantitative estimate of drug-likeness (QED) is 0.324. The van der Waals surface area contributed by atoms with Crippen molar-refractivity contribution in [3.05, 3.63) is 83.3 Å². The molecule has 3 heterocycles. The Hall–Kier alpha value is -4.58. The molecule has 0 radical (unpaired) electrons. The number of aliphatic imine (C=N–C) groups is 1. The lowest BCUT2D eigenvalue weighted by Gasteiger charge is -2.34. The van der Waals surface area contributed by atoms with Crippen LogP contribution in [0.1, 0.15) is 27.0 Å². The van der Waals surface area contributed by atoms with Crippen LogP contribution in [0.3, 0.4) is 0 Å². The number of nitrogens with zero attached hydrogens (tertiary/aromatic N) is 7. The van der Waals surface area contributed by atoms with Crippen LogP contribution in [0.2, 0.25) is 0 Å². The van der Waals surface area contributed by atoms with Gasteiger partial charge in [-0.05, 0) is 68.2 Å². The van der Waals surface area contributed by atoms with E-state index in [2.05, 4.69) is 37.2 Å². The van der Waals surface area contributed by atoms with E-state index in [1.807, 2.05) is 24.9 Å². The maximum atomic E-state index is 13.7. The number of piperazine rings is 1. The van der Waals surface area contributed by atoms with Crippen LogP contribution < -0.4 is 10.2 Å². The second kappa shape index (κ2) is 11.5. The van der Waals surface area contributed by atoms with E-state index in [1.165, 1.54) is 0 Å². The van der Waals surface area contributed by atoms with E-state index in [4.69, 9.17) is 0 Å². The standard InChI is InChI=1S/C29H29F3N8O/c1-19-4-5-21(11-27(19)40-18-26(36-37-40)22-10-20(15-33-2)16-34-17-22)28(41)35-24-12-23(29(30,31)32)13-25(14-24)39-8-6-38(3)7-9-39/h4-5,10-14,16-18H,2,6-9,15H2,1,3H3,(H,35,41). The summed E-state index contributed by atoms with van der Waals surface area (Å²) in [5.41, 5.74) is 3.60. The Morgan fingerprint density at radius 1 is 1.07 bits per heavy atom. The second-order valence-corrected chi connectivity index (χ2v) is 10.0. The summed E-state index contributed by atoms with van der Waals surface area (Å²) in [5.74, 6) is -0.538. The van der Waals surface area contributed by atoms with E-state index < -0.39 is 17.6 Å². The summed E-state index contributed by atoms with van der Waals surface area (Å²) in [6, 6.07) is 10.6. The number of aromatic nitrogens is 4. The van der Waals surface area contributed by atoms with Gasteiger partial charge in [-0.2, -0.15) is 13.2 Å². The number of likely N-dealkylation sites (N-methyl/N-ethyl adjacent to an activating group) is 1. The predicted molar refractivity (Wildman–Crippen MR) is 152 cm³/mol. The predicted octanol–water partition coefficient (Wildman–Crippen LogP) is 4.86. The van der Waals surface area contributed by atoms with Crippen molar-refractivity contribution in [2.24, 2.45) is 4.99 Å². The van der Waals surface area contributed by atoms with Crippen molar-refractivity contribution in [1.29, 1.82) is 0 Å². The van der Waals surface area contributed by atoms with Crippen LogP contribution in [0.15, 0.2) is 66.0 Å². The zero-order valence-electron chi connectivity index (χ0n) is 22.7. The maximum Gasteiger partial charge on any atom is 0.416 e. The lowest BCUT2D eigenvalue weighted by molar-refractivity contribution is -0.137. The van der Waals surface area contributed by atoms with Crippen molar-refractivity contribution < 1.29 is 18.0 Å². The first kappa shape index (κ1) is 28.0. The number of rotatable bonds is 7. The molecule has 212 valence electrons. The summed E-state index contributed by atoms with van der Waals surface area (Å²) < 4.78 is 42.8. The first-order chi connectivity index (χ1) is 19.6. The number of amides is 1. The molecule has 0 atom stereocenters. The van der Waals surface area contributed by atoms with Gasteiger partial charge in [-0.15, -0.1) is 5.10 Å². The number of halogens is 3. The Balaban J connectivity index is 1.40. The highest BCUT2D eigenvalue weighted by Crippen LogP contribution is 2.35. The monoisotopic (exact) mass is 562 g/mol. The zero-order chi connectivity index (χ0) is 29.1. The molecule has 12 heteroatoms. The first-order valence-electron chi connectivity index (χ1n) is 13.0. The van der Waals surface area contributed by atoms with Gasteiger partial charge < -0.3 is 15.1 Å². The van der Waals surface area contributed by atoms with Crippen molar-refractivity contribution >= 4 is 24.0 Å². The molecule has 0 saturated carbocycles. The number of nitrogens with one attached hydrogen (secondary N) is 1. The van der Waals surface area contributed by atoms with Crippen molar-refractivity contribution in [3.8, 4) is 16.9 Å². The summed E-state index contributed by atoms with van der Waals surface area (Å²) >= 11 is 0. The van der Waals surface area contributed by atoms with Crippen LogP contribution >= 0.6 is 0 Å². The molecule has 1 amide bonds. The van der Waals surface area contributed by atoms with E-state index in [-0.39, 0.29) is 11.3 Å². The maximum absolute atomic E-state index is 13.7. The van der Waals surface area contributed by atoms with Crippen LogP contribution in [-0.4, -0.2) is 70.7 Å². The second-order valence-electron chi connectivity index (χ2n) is 10.0. The fraction of sp³-hybridized carbons (Fsp3) is 0.276. The van der Waals surface area contributed by atoms with Crippen molar-refractivity contribution in [3.63, 3.8) is 0 Å². The average Bonchev–Trinajstić information content (AvgIpc) is 3.44. The van der Waals surface area contributed by atoms with Crippen molar-refractivity contribution in [2.45, 2.75) is 19.6 Å². The third-order valence-corrected chi connectivity index (χ3v) is 6.97. The smallest absolute Gasteiger partial charge is 0.369 e. The number of hydrogen-bond acceptors (Lipinski definition) is 7. The Bertz CT molecular complexity index is 1570. The molecule has 9 nitrogen and oxygen atoms in total. The molecular weight excluding hydrogens is 533 g/mol. The SMILES string of the molecule is C=NCc1cncc(-c2cn(-c3cc(C(=O)Nc4cc(N5CCN(C)CC5)cc(C(F)(F)F)c4)ccc3C)nn2)c1. The van der Waals surface area contributed by atoms with Gasteiger partial charge in [0.25, 0.3) is 5.91 Å². The molecule has 4 aromatic rings. The van der Waals surface area contributed by atoms with Gasteiger partial charge in [-0.25, -0.2) is 4.68 Å². The molecule has 1 aliphatic rings. The molecule has 0 unspecified atom stereocenters. The van der Waals surface area contributed by atoms with Gasteiger partial charge in [0.1, 0.15) is 5.69 Å². The molecule has 1 saturated heterocycles. The van der Waals surface area contributed by atoms with E-state index in [1.54, 1.807) is 47.5 Å². The Morgan fingerprint density at radius 2 is 1.85 bits per heavy atom. The lowest BCUT2D eigenvalue weighted by atomic mass is 10.1. The van der Waals surface area contributed by atoms with Gasteiger partial charge in [-0.1, -0.05) is 11.3 Å². The Kier molecular flexibility index (Phi) is 7.84. The molecule has 1 aliphatic heterocycles. The van der Waals surface area contributed by atoms with Gasteiger partial charge in [0.15, 0.2) is 0 Å². The fourth-order valence-corrected chi connectivity index (χ4v) is 4.65. The van der Waals surface area contributed by atoms with Crippen LogP contribution in [0.5, 0.6) is 0 Å². The van der Waals surface area contributed by atoms with Crippen LogP contribution in [-0.2, 0) is 12.7 Å². The molecule has 1 fully saturated rings. The molecule has 5 rings (SSSR count). The summed E-state index contributed by atoms with van der Waals surface area (Å²) in [7, 11) is 1.97. The topological polar surface area (TPSA) is 91.5 Å². The molecule has 1 N–H and O–H groups in total. The number of carbonyl (C=O) groups excluding carboxylic acids is 1. The number of anilines is 2. The summed E-state index contributed by atoms with van der Waals surface area (Å²) in [4.78, 5) is 25.4. The minimum atomic E-state index is -4.55. The highest BCUT2D eigenvalue weighted by molar-refractivity contribution is 6.05. The zero-order valence-corrected chi connectivity index (χ0v) is 22.7. The number of alkyl halides is 3. The largest absolute Gasteiger partial charge is 0.416 e. The molecule has 0 aliphatic carbocycles. The molecular formula is C29H29F3N8O. The Labute approximate surface area is 235 Å². The Morgan fingerprint density at radius 3 is 2.59 bits per heavy atom. The minimum absolute atomic E-state index is 0.0744. The van der Waals surface area contributed by atoms with Crippen LogP contribution in [0.25, 0.3) is 16.9 Å². The van der Waals surface area contributed by atoms with Crippen molar-refractivity contribution in [1.82, 2.24) is 24.9 Å². The number of pyridine rings is 1. The first-order valence-corrected chi connectivity index (χ1v) is 13.0. The van der Waals surface area contributed by atoms with Gasteiger partial charge in [0.05, 0.1) is 24.0 Å². The van der Waals surface area contributed by atoms with Crippen LogP contribution in [0.4, 0.5) is 24.5 Å². The van der Waals surface area contributed by atoms with E-state index in [0.29, 0.717) is 36.7 Å². The summed E-state index contributed by atoms with van der Waals surface area (Å²) in [5, 5.41) is 11.1. The molecule has 2 aromatic heterocycles. The van der Waals surface area contributed by atoms with Gasteiger partial charge >= 0.3 is 6.18 Å². The summed E-state index contributed by atoms with van der Waals surface area (Å²) in [6.45, 7) is 8.47. The number of hydrogen-bond donors (Lipinski definition) is 1. The molecule has 0 spiro atoms. The summed E-state index contributed by atoms with van der Waals surface area (Å²) in [6.07, 6.45) is 0.541. The molecule has 2 aromatic carbocycles. The van der Waals surface area contributed by atoms with Crippen LogP contribution in [0, 0.1) is 6.92 Å². The normalized spacial score (nSPS) is 14.2. The third-order valence-electron chi connectivity index (χ3n) is 6.97. The molecule has 0 bridgehead atoms. The highest BCUT2D eigenvalue weighted by Gasteiger charge is 2.32. The molecule has 41 heavy (non-hydrogen) atoms. The number of aryl methyl sites for hydroxylation is 1. The lowest BCUT2D eigenvalue weighted by Crippen LogP contribution is -2.44. The van der Waals surface area contributed by atoms with E-state index >= 15 is 0 Å². The van der Waals surface area contributed by atoms with E-state index in [9.17, 15) is 18.0 Å². The highest BCUT2D eigenvalue weighted by atomic mass is 19.4. The van der Waals surface area contributed by atoms with Gasteiger partial charge in [0, 0.05) is 61.1 Å². The minimum Gasteiger partial charge on any atom is -0.369 e. The number of benzene rings is 2. The van der Waals surface area contributed by atoms with Gasteiger partial charge in [0.2, 0.25) is 0 Å².